The van der Waals surface area contributed by atoms with Gasteiger partial charge in [0.25, 0.3) is 5.03 Å². The predicted octanol–water partition coefficient (Wildman–Crippen LogP) is 3.03. The Labute approximate surface area is 166 Å². The number of cyclic esters (lactones) is 1. The molecule has 0 spiro atoms. The number of hydrogen-bond acceptors (Lipinski definition) is 5. The van der Waals surface area contributed by atoms with Crippen LogP contribution in [0.4, 0.5) is 10.5 Å². The Kier molecular flexibility index (Phi) is 5.07. The lowest BCUT2D eigenvalue weighted by Gasteiger charge is -2.39. The van der Waals surface area contributed by atoms with E-state index in [1.807, 2.05) is 35.0 Å². The summed E-state index contributed by atoms with van der Waals surface area (Å²) in [5.74, 6) is 0.831. The zero-order valence-electron chi connectivity index (χ0n) is 15.2. The van der Waals surface area contributed by atoms with Crippen molar-refractivity contribution in [3.05, 3.63) is 40.8 Å². The van der Waals surface area contributed by atoms with E-state index in [-0.39, 0.29) is 18.7 Å². The quantitative estimate of drug-likeness (QED) is 0.730. The first kappa shape index (κ1) is 18.6. The van der Waals surface area contributed by atoms with Gasteiger partial charge in [0.15, 0.2) is 0 Å². The number of nitrogens with zero attached hydrogens (tertiary/aromatic N) is 4. The molecule has 1 aromatic carbocycles. The molecule has 1 unspecified atom stereocenters. The number of carbonyl (C=O) groups is 1. The maximum atomic E-state index is 12.8. The summed E-state index contributed by atoms with van der Waals surface area (Å²) in [5, 5.41) is 1.18. The van der Waals surface area contributed by atoms with Gasteiger partial charge in [-0.15, -0.1) is 4.31 Å². The third-order valence-electron chi connectivity index (χ3n) is 5.18. The summed E-state index contributed by atoms with van der Waals surface area (Å²) >= 11 is 4.97. The number of benzene rings is 1. The van der Waals surface area contributed by atoms with E-state index in [1.54, 1.807) is 17.2 Å². The van der Waals surface area contributed by atoms with Crippen molar-refractivity contribution in [2.24, 2.45) is 7.05 Å². The second-order valence-corrected chi connectivity index (χ2v) is 8.65. The lowest BCUT2D eigenvalue weighted by atomic mass is 10.0. The minimum absolute atomic E-state index is 0.00580. The molecule has 1 atom stereocenters. The van der Waals surface area contributed by atoms with Gasteiger partial charge in [0, 0.05) is 36.8 Å². The van der Waals surface area contributed by atoms with Crippen LogP contribution in [0.15, 0.2) is 29.4 Å². The Morgan fingerprint density at radius 1 is 1.33 bits per heavy atom. The van der Waals surface area contributed by atoms with E-state index >= 15 is 0 Å². The maximum Gasteiger partial charge on any atom is 0.414 e. The largest absolute Gasteiger partial charge is 0.591 e. The van der Waals surface area contributed by atoms with Crippen LogP contribution in [0, 0.1) is 6.92 Å². The van der Waals surface area contributed by atoms with E-state index in [2.05, 4.69) is 4.98 Å². The molecule has 0 bridgehead atoms. The average Bonchev–Trinajstić information content (AvgIpc) is 3.00. The van der Waals surface area contributed by atoms with Gasteiger partial charge in [0.05, 0.1) is 11.9 Å². The number of aromatic nitrogens is 2. The van der Waals surface area contributed by atoms with E-state index in [0.717, 1.165) is 17.1 Å². The van der Waals surface area contributed by atoms with Gasteiger partial charge in [-0.2, -0.15) is 4.98 Å². The Balaban J connectivity index is 1.48. The molecule has 1 aromatic heterocycles. The molecule has 1 fully saturated rings. The van der Waals surface area contributed by atoms with Crippen LogP contribution in [-0.4, -0.2) is 43.6 Å². The summed E-state index contributed by atoms with van der Waals surface area (Å²) in [7, 11) is 1.89. The molecule has 0 saturated carbocycles. The molecule has 27 heavy (non-hydrogen) atoms. The van der Waals surface area contributed by atoms with Crippen LogP contribution in [0.25, 0.3) is 0 Å². The fourth-order valence-electron chi connectivity index (χ4n) is 3.57. The van der Waals surface area contributed by atoms with Crippen LogP contribution < -0.4 is 4.90 Å². The molecule has 1 saturated heterocycles. The molecule has 3 heterocycles. The summed E-state index contributed by atoms with van der Waals surface area (Å²) in [6, 6.07) is 5.55. The zero-order chi connectivity index (χ0) is 19.1. The molecular formula is C18H21ClN4O3S. The van der Waals surface area contributed by atoms with Crippen molar-refractivity contribution < 1.29 is 14.1 Å². The minimum atomic E-state index is -1.29. The number of carbonyl (C=O) groups excluding carboxylic acids is 1. The first-order valence-electron chi connectivity index (χ1n) is 8.86. The number of hydrogen-bond donors (Lipinski definition) is 0. The Hall–Kier alpha value is -1.74. The maximum absolute atomic E-state index is 12.8. The third kappa shape index (κ3) is 3.42. The average molecular weight is 409 g/mol. The molecular weight excluding hydrogens is 388 g/mol. The molecule has 2 aromatic rings. The number of imidazole rings is 1. The molecule has 0 aliphatic carbocycles. The van der Waals surface area contributed by atoms with Crippen molar-refractivity contribution in [2.45, 2.75) is 37.4 Å². The van der Waals surface area contributed by atoms with Crippen LogP contribution in [0.5, 0.6) is 0 Å². The van der Waals surface area contributed by atoms with Gasteiger partial charge in [-0.1, -0.05) is 17.7 Å². The molecule has 0 radical (unpaired) electrons. The SMILES string of the molecule is Cc1nc([S+]([O-])N2CCC(N3C(=O)OCc4c(Cl)cccc43)CC2)cn1C. The van der Waals surface area contributed by atoms with Crippen LogP contribution >= 0.6 is 11.6 Å². The normalized spacial score (nSPS) is 19.7. The van der Waals surface area contributed by atoms with Crippen molar-refractivity contribution in [3.63, 3.8) is 0 Å². The third-order valence-corrected chi connectivity index (χ3v) is 6.92. The zero-order valence-corrected chi connectivity index (χ0v) is 16.8. The van der Waals surface area contributed by atoms with Crippen LogP contribution in [0.2, 0.25) is 5.02 Å². The Morgan fingerprint density at radius 3 is 2.74 bits per heavy atom. The summed E-state index contributed by atoms with van der Waals surface area (Å²) in [6.07, 6.45) is 2.87. The number of fused-ring (bicyclic) bond motifs is 1. The molecule has 4 rings (SSSR count). The van der Waals surface area contributed by atoms with E-state index in [4.69, 9.17) is 16.3 Å². The minimum Gasteiger partial charge on any atom is -0.591 e. The monoisotopic (exact) mass is 408 g/mol. The highest BCUT2D eigenvalue weighted by atomic mass is 35.5. The number of aryl methyl sites for hydroxylation is 2. The molecule has 7 nitrogen and oxygen atoms in total. The molecule has 0 N–H and O–H groups in total. The van der Waals surface area contributed by atoms with Crippen molar-refractivity contribution >= 4 is 34.7 Å². The van der Waals surface area contributed by atoms with Gasteiger partial charge in [0.2, 0.25) is 0 Å². The number of anilines is 1. The first-order valence-corrected chi connectivity index (χ1v) is 10.3. The fourth-order valence-corrected chi connectivity index (χ4v) is 5.06. The number of halogens is 1. The van der Waals surface area contributed by atoms with Crippen molar-refractivity contribution in [3.8, 4) is 0 Å². The van der Waals surface area contributed by atoms with Crippen molar-refractivity contribution in [1.29, 1.82) is 0 Å². The van der Waals surface area contributed by atoms with E-state index < -0.39 is 11.4 Å². The Morgan fingerprint density at radius 2 is 2.07 bits per heavy atom. The second-order valence-electron chi connectivity index (χ2n) is 6.81. The predicted molar refractivity (Wildman–Crippen MR) is 103 cm³/mol. The van der Waals surface area contributed by atoms with Crippen molar-refractivity contribution in [2.75, 3.05) is 18.0 Å². The lowest BCUT2D eigenvalue weighted by Crippen LogP contribution is -2.50. The van der Waals surface area contributed by atoms with Gasteiger partial charge in [0.1, 0.15) is 23.8 Å². The number of ether oxygens (including phenoxy) is 1. The van der Waals surface area contributed by atoms with E-state index in [0.29, 0.717) is 36.0 Å². The number of rotatable bonds is 3. The topological polar surface area (TPSA) is 73.7 Å². The van der Waals surface area contributed by atoms with E-state index in [9.17, 15) is 9.35 Å². The highest BCUT2D eigenvalue weighted by Gasteiger charge is 2.38. The smallest absolute Gasteiger partial charge is 0.414 e. The van der Waals surface area contributed by atoms with Crippen LogP contribution in [0.3, 0.4) is 0 Å². The Bertz CT molecular complexity index is 847. The second kappa shape index (κ2) is 7.35. The van der Waals surface area contributed by atoms with Crippen LogP contribution in [0.1, 0.15) is 24.2 Å². The summed E-state index contributed by atoms with van der Waals surface area (Å²) in [6.45, 7) is 3.32. The highest BCUT2D eigenvalue weighted by Crippen LogP contribution is 2.36. The number of piperidine rings is 1. The number of amides is 1. The molecule has 2 aliphatic heterocycles. The van der Waals surface area contributed by atoms with Gasteiger partial charge in [-0.05, 0) is 31.9 Å². The summed E-state index contributed by atoms with van der Waals surface area (Å²) in [5.41, 5.74) is 1.66. The van der Waals surface area contributed by atoms with Crippen LogP contribution in [-0.2, 0) is 29.8 Å². The molecule has 144 valence electrons. The van der Waals surface area contributed by atoms with Crippen molar-refractivity contribution in [1.82, 2.24) is 13.9 Å². The molecule has 9 heteroatoms. The highest BCUT2D eigenvalue weighted by molar-refractivity contribution is 7.89. The van der Waals surface area contributed by atoms with Gasteiger partial charge >= 0.3 is 6.09 Å². The lowest BCUT2D eigenvalue weighted by molar-refractivity contribution is 0.136. The standard InChI is InChI=1S/C18H21ClN4O3S/c1-12-20-17(10-21(12)2)27(25)22-8-6-13(7-9-22)23-16-5-3-4-15(19)14(16)11-26-18(23)24/h3-5,10,13H,6-9,11H2,1-2H3. The molecule has 1 amide bonds. The van der Waals surface area contributed by atoms with Gasteiger partial charge < -0.3 is 13.9 Å². The summed E-state index contributed by atoms with van der Waals surface area (Å²) < 4.78 is 21.9. The first-order chi connectivity index (χ1) is 13.0. The van der Waals surface area contributed by atoms with Gasteiger partial charge in [-0.25, -0.2) is 4.79 Å². The molecule has 2 aliphatic rings. The van der Waals surface area contributed by atoms with Gasteiger partial charge in [-0.3, -0.25) is 4.90 Å². The fraction of sp³-hybridized carbons (Fsp3) is 0.444. The summed E-state index contributed by atoms with van der Waals surface area (Å²) in [4.78, 5) is 18.5. The van der Waals surface area contributed by atoms with E-state index in [1.165, 1.54) is 0 Å².